The van der Waals surface area contributed by atoms with Crippen LogP contribution in [0, 0.1) is 6.92 Å². The molecule has 0 radical (unpaired) electrons. The number of aromatic amines is 1. The van der Waals surface area contributed by atoms with Gasteiger partial charge in [-0.1, -0.05) is 29.8 Å². The van der Waals surface area contributed by atoms with Crippen molar-refractivity contribution in [3.05, 3.63) is 41.6 Å². The van der Waals surface area contributed by atoms with Crippen molar-refractivity contribution in [1.82, 2.24) is 10.2 Å². The Hall–Kier alpha value is -1.65. The highest BCUT2D eigenvalue weighted by Crippen LogP contribution is 2.22. The summed E-state index contributed by atoms with van der Waals surface area (Å²) in [6.07, 6.45) is 2.39. The molecular formula is C13H17N3O. The second-order valence-electron chi connectivity index (χ2n) is 4.28. The third-order valence-electron chi connectivity index (χ3n) is 2.77. The Kier molecular flexibility index (Phi) is 3.56. The van der Waals surface area contributed by atoms with Crippen molar-refractivity contribution in [3.63, 3.8) is 0 Å². The molecule has 2 aromatic rings. The van der Waals surface area contributed by atoms with Crippen LogP contribution >= 0.6 is 0 Å². The summed E-state index contributed by atoms with van der Waals surface area (Å²) in [5.74, 6) is 0. The molecule has 0 bridgehead atoms. The molecule has 4 nitrogen and oxygen atoms in total. The molecule has 0 saturated heterocycles. The van der Waals surface area contributed by atoms with E-state index in [4.69, 9.17) is 10.8 Å². The minimum absolute atomic E-state index is 0.0154. The fraction of sp³-hybridized carbons (Fsp3) is 0.308. The minimum atomic E-state index is -0.239. The van der Waals surface area contributed by atoms with Crippen molar-refractivity contribution < 1.29 is 5.11 Å². The van der Waals surface area contributed by atoms with Crippen LogP contribution in [-0.4, -0.2) is 28.0 Å². The van der Waals surface area contributed by atoms with Gasteiger partial charge < -0.3 is 10.8 Å². The Labute approximate surface area is 100 Å². The third kappa shape index (κ3) is 2.72. The van der Waals surface area contributed by atoms with Gasteiger partial charge >= 0.3 is 0 Å². The highest BCUT2D eigenvalue weighted by Gasteiger charge is 2.10. The molecule has 0 saturated carbocycles. The fourth-order valence-corrected chi connectivity index (χ4v) is 1.78. The number of aliphatic hydroxyl groups excluding tert-OH is 1. The van der Waals surface area contributed by atoms with E-state index in [2.05, 4.69) is 41.4 Å². The van der Waals surface area contributed by atoms with Crippen molar-refractivity contribution >= 4 is 0 Å². The van der Waals surface area contributed by atoms with Gasteiger partial charge in [0.2, 0.25) is 0 Å². The van der Waals surface area contributed by atoms with Crippen LogP contribution in [-0.2, 0) is 6.42 Å². The third-order valence-corrected chi connectivity index (χ3v) is 2.77. The molecule has 0 spiro atoms. The zero-order valence-corrected chi connectivity index (χ0v) is 9.85. The second kappa shape index (κ2) is 5.12. The number of hydrogen-bond donors (Lipinski definition) is 3. The van der Waals surface area contributed by atoms with Gasteiger partial charge in [0.05, 0.1) is 18.5 Å². The number of aromatic nitrogens is 2. The number of benzene rings is 1. The van der Waals surface area contributed by atoms with E-state index in [0.29, 0.717) is 6.42 Å². The number of aliphatic hydroxyl groups is 1. The van der Waals surface area contributed by atoms with E-state index in [0.717, 1.165) is 16.8 Å². The molecule has 4 N–H and O–H groups in total. The van der Waals surface area contributed by atoms with Gasteiger partial charge in [0.1, 0.15) is 0 Å². The zero-order chi connectivity index (χ0) is 12.3. The first-order valence-corrected chi connectivity index (χ1v) is 5.66. The Morgan fingerprint density at radius 1 is 1.35 bits per heavy atom. The Morgan fingerprint density at radius 2 is 2.06 bits per heavy atom. The molecule has 17 heavy (non-hydrogen) atoms. The normalized spacial score (nSPS) is 12.6. The van der Waals surface area contributed by atoms with E-state index in [1.807, 2.05) is 0 Å². The SMILES string of the molecule is Cc1ccc(-c2[nH]ncc2CC(N)CO)cc1. The smallest absolute Gasteiger partial charge is 0.0682 e. The van der Waals surface area contributed by atoms with Crippen LogP contribution in [0.15, 0.2) is 30.5 Å². The van der Waals surface area contributed by atoms with E-state index in [1.54, 1.807) is 6.20 Å². The molecule has 1 atom stereocenters. The topological polar surface area (TPSA) is 74.9 Å². The van der Waals surface area contributed by atoms with Crippen molar-refractivity contribution in [1.29, 1.82) is 0 Å². The first-order valence-electron chi connectivity index (χ1n) is 5.66. The number of nitrogens with zero attached hydrogens (tertiary/aromatic N) is 1. The predicted octanol–water partition coefficient (Wildman–Crippen LogP) is 1.25. The fourth-order valence-electron chi connectivity index (χ4n) is 1.78. The predicted molar refractivity (Wildman–Crippen MR) is 67.5 cm³/mol. The number of H-pyrrole nitrogens is 1. The van der Waals surface area contributed by atoms with Gasteiger partial charge in [0, 0.05) is 6.04 Å². The van der Waals surface area contributed by atoms with E-state index in [9.17, 15) is 0 Å². The number of nitrogens with one attached hydrogen (secondary N) is 1. The molecule has 0 amide bonds. The summed E-state index contributed by atoms with van der Waals surface area (Å²) in [6, 6.07) is 7.99. The average molecular weight is 231 g/mol. The molecule has 1 aromatic carbocycles. The Bertz CT molecular complexity index is 476. The van der Waals surface area contributed by atoms with E-state index >= 15 is 0 Å². The number of rotatable bonds is 4. The van der Waals surface area contributed by atoms with Gasteiger partial charge in [-0.2, -0.15) is 5.10 Å². The van der Waals surface area contributed by atoms with Gasteiger partial charge in [-0.25, -0.2) is 0 Å². The first kappa shape index (κ1) is 11.8. The summed E-state index contributed by atoms with van der Waals surface area (Å²) in [4.78, 5) is 0. The standard InChI is InChI=1S/C13H17N3O/c1-9-2-4-10(5-3-9)13-11(7-15-16-13)6-12(14)8-17/h2-5,7,12,17H,6,8,14H2,1H3,(H,15,16). The summed E-state index contributed by atoms with van der Waals surface area (Å²) in [5, 5.41) is 16.0. The molecule has 0 aliphatic rings. The number of hydrogen-bond acceptors (Lipinski definition) is 3. The lowest BCUT2D eigenvalue weighted by Gasteiger charge is -2.08. The summed E-state index contributed by atoms with van der Waals surface area (Å²) in [7, 11) is 0. The van der Waals surface area contributed by atoms with Crippen LogP contribution in [0.5, 0.6) is 0 Å². The molecule has 90 valence electrons. The summed E-state index contributed by atoms with van der Waals surface area (Å²) in [5.41, 5.74) is 10.1. The van der Waals surface area contributed by atoms with Crippen molar-refractivity contribution in [3.8, 4) is 11.3 Å². The van der Waals surface area contributed by atoms with Gasteiger partial charge in [-0.15, -0.1) is 0 Å². The maximum absolute atomic E-state index is 8.98. The van der Waals surface area contributed by atoms with Crippen LogP contribution in [0.3, 0.4) is 0 Å². The zero-order valence-electron chi connectivity index (χ0n) is 9.85. The largest absolute Gasteiger partial charge is 0.395 e. The van der Waals surface area contributed by atoms with E-state index in [1.165, 1.54) is 5.56 Å². The monoisotopic (exact) mass is 231 g/mol. The minimum Gasteiger partial charge on any atom is -0.395 e. The maximum Gasteiger partial charge on any atom is 0.0682 e. The first-order chi connectivity index (χ1) is 8.20. The average Bonchev–Trinajstić information content (AvgIpc) is 2.78. The van der Waals surface area contributed by atoms with Gasteiger partial charge in [-0.05, 0) is 24.5 Å². The number of nitrogens with two attached hydrogens (primary N) is 1. The van der Waals surface area contributed by atoms with Crippen molar-refractivity contribution in [2.75, 3.05) is 6.61 Å². The van der Waals surface area contributed by atoms with E-state index < -0.39 is 0 Å². The summed E-state index contributed by atoms with van der Waals surface area (Å²) in [6.45, 7) is 2.04. The molecule has 0 aliphatic heterocycles. The van der Waals surface area contributed by atoms with Crippen LogP contribution < -0.4 is 5.73 Å². The quantitative estimate of drug-likeness (QED) is 0.741. The molecule has 1 heterocycles. The highest BCUT2D eigenvalue weighted by molar-refractivity contribution is 5.63. The summed E-state index contributed by atoms with van der Waals surface area (Å²) < 4.78 is 0. The van der Waals surface area contributed by atoms with Gasteiger partial charge in [-0.3, -0.25) is 5.10 Å². The van der Waals surface area contributed by atoms with Crippen LogP contribution in [0.1, 0.15) is 11.1 Å². The molecule has 4 heteroatoms. The van der Waals surface area contributed by atoms with Crippen molar-refractivity contribution in [2.45, 2.75) is 19.4 Å². The molecular weight excluding hydrogens is 214 g/mol. The van der Waals surface area contributed by atoms with Crippen LogP contribution in [0.2, 0.25) is 0 Å². The lowest BCUT2D eigenvalue weighted by Crippen LogP contribution is -2.26. The lowest BCUT2D eigenvalue weighted by molar-refractivity contribution is 0.265. The molecule has 2 rings (SSSR count). The van der Waals surface area contributed by atoms with Crippen molar-refractivity contribution in [2.24, 2.45) is 5.73 Å². The summed E-state index contributed by atoms with van der Waals surface area (Å²) >= 11 is 0. The molecule has 1 unspecified atom stereocenters. The van der Waals surface area contributed by atoms with Gasteiger partial charge in [0.15, 0.2) is 0 Å². The number of aryl methyl sites for hydroxylation is 1. The Morgan fingerprint density at radius 3 is 2.71 bits per heavy atom. The maximum atomic E-state index is 8.98. The molecule has 0 fully saturated rings. The van der Waals surface area contributed by atoms with Crippen LogP contribution in [0.25, 0.3) is 11.3 Å². The highest BCUT2D eigenvalue weighted by atomic mass is 16.3. The van der Waals surface area contributed by atoms with Crippen LogP contribution in [0.4, 0.5) is 0 Å². The van der Waals surface area contributed by atoms with E-state index in [-0.39, 0.29) is 12.6 Å². The van der Waals surface area contributed by atoms with Gasteiger partial charge in [0.25, 0.3) is 0 Å². The Balaban J connectivity index is 2.27. The lowest BCUT2D eigenvalue weighted by atomic mass is 10.0. The second-order valence-corrected chi connectivity index (χ2v) is 4.28. The molecule has 0 aliphatic carbocycles. The molecule has 1 aromatic heterocycles.